The van der Waals surface area contributed by atoms with Gasteiger partial charge in [0.15, 0.2) is 5.96 Å². The van der Waals surface area contributed by atoms with Gasteiger partial charge in [0.25, 0.3) is 0 Å². The summed E-state index contributed by atoms with van der Waals surface area (Å²) in [6, 6.07) is 4.97. The fourth-order valence-corrected chi connectivity index (χ4v) is 2.92. The number of nitrogens with one attached hydrogen (secondary N) is 2. The van der Waals surface area contributed by atoms with E-state index in [2.05, 4.69) is 36.7 Å². The summed E-state index contributed by atoms with van der Waals surface area (Å²) in [5.74, 6) is 0.498. The molecule has 5 nitrogen and oxygen atoms in total. The molecule has 0 bridgehead atoms. The van der Waals surface area contributed by atoms with Crippen molar-refractivity contribution in [3.8, 4) is 0 Å². The average Bonchev–Trinajstić information content (AvgIpc) is 2.79. The molecule has 2 N–H and O–H groups in total. The van der Waals surface area contributed by atoms with Crippen molar-refractivity contribution in [1.82, 2.24) is 20.4 Å². The van der Waals surface area contributed by atoms with Crippen LogP contribution >= 0.6 is 15.9 Å². The number of hydrogen-bond donors (Lipinski definition) is 2. The Labute approximate surface area is 150 Å². The number of benzene rings is 1. The van der Waals surface area contributed by atoms with E-state index in [4.69, 9.17) is 0 Å². The zero-order chi connectivity index (χ0) is 17.7. The summed E-state index contributed by atoms with van der Waals surface area (Å²) in [5.41, 5.74) is 3.98. The molecule has 24 heavy (non-hydrogen) atoms. The van der Waals surface area contributed by atoms with Gasteiger partial charge in [-0.15, -0.1) is 0 Å². The molecule has 0 spiro atoms. The van der Waals surface area contributed by atoms with Crippen molar-refractivity contribution < 1.29 is 4.39 Å². The Morgan fingerprint density at radius 1 is 1.33 bits per heavy atom. The van der Waals surface area contributed by atoms with Crippen LogP contribution in [0.4, 0.5) is 4.39 Å². The molecule has 2 aromatic rings. The fraction of sp³-hybridized carbons (Fsp3) is 0.412. The molecular formula is C17H23BrFN5. The molecule has 2 rings (SSSR count). The highest BCUT2D eigenvalue weighted by molar-refractivity contribution is 9.10. The molecule has 130 valence electrons. The van der Waals surface area contributed by atoms with Crippen molar-refractivity contribution in [2.24, 2.45) is 12.0 Å². The summed E-state index contributed by atoms with van der Waals surface area (Å²) in [6.45, 7) is 5.29. The lowest BCUT2D eigenvalue weighted by molar-refractivity contribution is 0.606. The van der Waals surface area contributed by atoms with Crippen molar-refractivity contribution in [3.63, 3.8) is 0 Å². The van der Waals surface area contributed by atoms with Gasteiger partial charge in [0.05, 0.1) is 5.69 Å². The Morgan fingerprint density at radius 3 is 2.71 bits per heavy atom. The quantitative estimate of drug-likeness (QED) is 0.604. The Kier molecular flexibility index (Phi) is 6.36. The number of rotatable bonds is 5. The smallest absolute Gasteiger partial charge is 0.191 e. The molecule has 0 saturated carbocycles. The number of guanidine groups is 1. The first-order chi connectivity index (χ1) is 11.4. The predicted octanol–water partition coefficient (Wildman–Crippen LogP) is 2.85. The third kappa shape index (κ3) is 4.56. The molecular weight excluding hydrogens is 373 g/mol. The minimum Gasteiger partial charge on any atom is -0.356 e. The molecule has 1 aromatic heterocycles. The lowest BCUT2D eigenvalue weighted by Crippen LogP contribution is -2.38. The maximum Gasteiger partial charge on any atom is 0.191 e. The Bertz CT molecular complexity index is 739. The number of nitrogens with zero attached hydrogens (tertiary/aromatic N) is 3. The highest BCUT2D eigenvalue weighted by Gasteiger charge is 2.10. The Balaban J connectivity index is 1.88. The van der Waals surface area contributed by atoms with Crippen LogP contribution in [-0.4, -0.2) is 29.3 Å². The Morgan fingerprint density at radius 2 is 2.08 bits per heavy atom. The second-order valence-corrected chi connectivity index (χ2v) is 6.53. The number of aromatic nitrogens is 2. The summed E-state index contributed by atoms with van der Waals surface area (Å²) in [7, 11) is 3.66. The van der Waals surface area contributed by atoms with Gasteiger partial charge in [-0.3, -0.25) is 9.67 Å². The summed E-state index contributed by atoms with van der Waals surface area (Å²) in [4.78, 5) is 4.20. The van der Waals surface area contributed by atoms with Gasteiger partial charge in [-0.05, 0) is 44.0 Å². The maximum absolute atomic E-state index is 13.7. The lowest BCUT2D eigenvalue weighted by Gasteiger charge is -2.12. The normalized spacial score (nSPS) is 11.7. The average molecular weight is 396 g/mol. The van der Waals surface area contributed by atoms with Crippen molar-refractivity contribution in [2.45, 2.75) is 26.8 Å². The van der Waals surface area contributed by atoms with Gasteiger partial charge in [0, 0.05) is 42.9 Å². The van der Waals surface area contributed by atoms with Crippen molar-refractivity contribution in [1.29, 1.82) is 0 Å². The zero-order valence-corrected chi connectivity index (χ0v) is 16.0. The number of hydrogen-bond acceptors (Lipinski definition) is 2. The second-order valence-electron chi connectivity index (χ2n) is 5.61. The number of aryl methyl sites for hydroxylation is 2. The molecule has 1 heterocycles. The van der Waals surface area contributed by atoms with Gasteiger partial charge in [-0.25, -0.2) is 4.39 Å². The maximum atomic E-state index is 13.7. The standard InChI is InChI=1S/C17H23BrFN5/c1-11-15(12(2)24(4)23-11)10-22-17(20-3)21-8-7-13-9-14(18)5-6-16(13)19/h5-6,9H,7-8,10H2,1-4H3,(H2,20,21,22). The van der Waals surface area contributed by atoms with Crippen LogP contribution in [0.5, 0.6) is 0 Å². The van der Waals surface area contributed by atoms with Crippen LogP contribution in [0.3, 0.4) is 0 Å². The van der Waals surface area contributed by atoms with Gasteiger partial charge < -0.3 is 10.6 Å². The molecule has 1 aromatic carbocycles. The van der Waals surface area contributed by atoms with Gasteiger partial charge in [-0.1, -0.05) is 15.9 Å². The molecule has 0 aliphatic heterocycles. The van der Waals surface area contributed by atoms with E-state index >= 15 is 0 Å². The molecule has 0 fully saturated rings. The van der Waals surface area contributed by atoms with E-state index in [9.17, 15) is 4.39 Å². The largest absolute Gasteiger partial charge is 0.356 e. The fourth-order valence-electron chi connectivity index (χ4n) is 2.52. The van der Waals surface area contributed by atoms with Crippen LogP contribution in [0, 0.1) is 19.7 Å². The SMILES string of the molecule is CN=C(NCCc1cc(Br)ccc1F)NCc1c(C)nn(C)c1C. The van der Waals surface area contributed by atoms with E-state index in [1.54, 1.807) is 19.2 Å². The summed E-state index contributed by atoms with van der Waals surface area (Å²) >= 11 is 3.37. The van der Waals surface area contributed by atoms with Crippen molar-refractivity contribution in [2.75, 3.05) is 13.6 Å². The zero-order valence-electron chi connectivity index (χ0n) is 14.5. The van der Waals surface area contributed by atoms with E-state index in [0.717, 1.165) is 15.9 Å². The third-order valence-electron chi connectivity index (χ3n) is 4.01. The molecule has 0 radical (unpaired) electrons. The minimum absolute atomic E-state index is 0.190. The van der Waals surface area contributed by atoms with E-state index < -0.39 is 0 Å². The van der Waals surface area contributed by atoms with Crippen LogP contribution in [0.2, 0.25) is 0 Å². The molecule has 0 atom stereocenters. The van der Waals surface area contributed by atoms with Crippen molar-refractivity contribution >= 4 is 21.9 Å². The number of aliphatic imine (C=N–C) groups is 1. The van der Waals surface area contributed by atoms with Gasteiger partial charge >= 0.3 is 0 Å². The van der Waals surface area contributed by atoms with Crippen molar-refractivity contribution in [3.05, 3.63) is 51.0 Å². The molecule has 0 aliphatic carbocycles. The number of halogens is 2. The minimum atomic E-state index is -0.190. The monoisotopic (exact) mass is 395 g/mol. The molecule has 0 saturated heterocycles. The van der Waals surface area contributed by atoms with E-state index in [-0.39, 0.29) is 5.82 Å². The van der Waals surface area contributed by atoms with Crippen LogP contribution in [0.15, 0.2) is 27.7 Å². The third-order valence-corrected chi connectivity index (χ3v) is 4.50. The summed E-state index contributed by atoms with van der Waals surface area (Å²) in [6.07, 6.45) is 0.580. The predicted molar refractivity (Wildman–Crippen MR) is 98.7 cm³/mol. The summed E-state index contributed by atoms with van der Waals surface area (Å²) < 4.78 is 16.5. The summed E-state index contributed by atoms with van der Waals surface area (Å²) in [5, 5.41) is 10.9. The van der Waals surface area contributed by atoms with Gasteiger partial charge in [0.1, 0.15) is 5.82 Å². The van der Waals surface area contributed by atoms with Gasteiger partial charge in [0.2, 0.25) is 0 Å². The Hall–Kier alpha value is -1.89. The van der Waals surface area contributed by atoms with Gasteiger partial charge in [-0.2, -0.15) is 5.10 Å². The first-order valence-corrected chi connectivity index (χ1v) is 8.59. The van der Waals surface area contributed by atoms with Crippen LogP contribution in [0.25, 0.3) is 0 Å². The highest BCUT2D eigenvalue weighted by Crippen LogP contribution is 2.15. The highest BCUT2D eigenvalue weighted by atomic mass is 79.9. The second kappa shape index (κ2) is 8.28. The molecule has 0 unspecified atom stereocenters. The van der Waals surface area contributed by atoms with E-state index in [0.29, 0.717) is 31.0 Å². The molecule has 7 heteroatoms. The van der Waals surface area contributed by atoms with Crippen LogP contribution in [-0.2, 0) is 20.0 Å². The van der Waals surface area contributed by atoms with E-state index in [1.807, 2.05) is 25.6 Å². The first-order valence-electron chi connectivity index (χ1n) is 7.80. The topological polar surface area (TPSA) is 54.2 Å². The first kappa shape index (κ1) is 18.4. The lowest BCUT2D eigenvalue weighted by atomic mass is 10.1. The molecule has 0 aliphatic rings. The molecule has 0 amide bonds. The van der Waals surface area contributed by atoms with E-state index in [1.165, 1.54) is 11.6 Å². The van der Waals surface area contributed by atoms with Crippen LogP contribution < -0.4 is 10.6 Å². The van der Waals surface area contributed by atoms with Crippen LogP contribution in [0.1, 0.15) is 22.5 Å².